The van der Waals surface area contributed by atoms with Crippen LogP contribution in [0.25, 0.3) is 0 Å². The summed E-state index contributed by atoms with van der Waals surface area (Å²) in [5, 5.41) is 28.6. The highest BCUT2D eigenvalue weighted by Gasteiger charge is 2.36. The van der Waals surface area contributed by atoms with Crippen molar-refractivity contribution in [2.24, 2.45) is 0 Å². The van der Waals surface area contributed by atoms with Crippen LogP contribution in [0.2, 0.25) is 0 Å². The van der Waals surface area contributed by atoms with Crippen LogP contribution in [0.5, 0.6) is 5.75 Å². The first-order valence-corrected chi connectivity index (χ1v) is 9.00. The molecule has 1 saturated heterocycles. The monoisotopic (exact) mass is 366 g/mol. The van der Waals surface area contributed by atoms with E-state index in [1.54, 1.807) is 18.5 Å². The molecule has 1 aliphatic carbocycles. The fraction of sp³-hybridized carbons (Fsp3) is 0.706. The number of carboxylic acid groups (broad SMARTS) is 1. The van der Waals surface area contributed by atoms with Crippen LogP contribution in [0.4, 0.5) is 0 Å². The average molecular weight is 366 g/mol. The van der Waals surface area contributed by atoms with Crippen LogP contribution in [0, 0.1) is 0 Å². The van der Waals surface area contributed by atoms with Gasteiger partial charge in [0.05, 0.1) is 24.6 Å². The van der Waals surface area contributed by atoms with Gasteiger partial charge < -0.3 is 19.8 Å². The Morgan fingerprint density at radius 3 is 2.58 bits per heavy atom. The quantitative estimate of drug-likeness (QED) is 0.697. The maximum absolute atomic E-state index is 10.5. The zero-order chi connectivity index (χ0) is 18.4. The van der Waals surface area contributed by atoms with Crippen molar-refractivity contribution in [3.05, 3.63) is 18.5 Å². The topological polar surface area (TPSA) is 108 Å². The SMILES string of the molecule is O=C(O)COCC1(O)CCC(N2CCN(Oc3ccnnc3)CC2)CC1. The van der Waals surface area contributed by atoms with Gasteiger partial charge in [-0.15, -0.1) is 5.06 Å². The fourth-order valence-electron chi connectivity index (χ4n) is 3.62. The summed E-state index contributed by atoms with van der Waals surface area (Å²) in [6, 6.07) is 2.23. The van der Waals surface area contributed by atoms with Crippen LogP contribution in [0.3, 0.4) is 0 Å². The molecule has 0 bridgehead atoms. The van der Waals surface area contributed by atoms with E-state index < -0.39 is 11.6 Å². The molecule has 1 aromatic rings. The number of hydrogen-bond acceptors (Lipinski definition) is 8. The van der Waals surface area contributed by atoms with Gasteiger partial charge in [0.25, 0.3) is 0 Å². The molecular formula is C17H26N4O5. The Balaban J connectivity index is 1.38. The molecule has 3 rings (SSSR count). The number of aliphatic carboxylic acids is 1. The van der Waals surface area contributed by atoms with Gasteiger partial charge in [-0.2, -0.15) is 10.2 Å². The van der Waals surface area contributed by atoms with Crippen LogP contribution < -0.4 is 4.84 Å². The summed E-state index contributed by atoms with van der Waals surface area (Å²) in [5.41, 5.74) is -0.898. The van der Waals surface area contributed by atoms with Crippen LogP contribution in [0.1, 0.15) is 25.7 Å². The summed E-state index contributed by atoms with van der Waals surface area (Å²) < 4.78 is 5.09. The second-order valence-electron chi connectivity index (χ2n) is 6.98. The van der Waals surface area contributed by atoms with Crippen molar-refractivity contribution in [3.8, 4) is 5.75 Å². The van der Waals surface area contributed by atoms with Gasteiger partial charge in [-0.25, -0.2) is 4.79 Å². The molecule has 9 nitrogen and oxygen atoms in total. The highest BCUT2D eigenvalue weighted by molar-refractivity contribution is 5.67. The van der Waals surface area contributed by atoms with Crippen LogP contribution >= 0.6 is 0 Å². The van der Waals surface area contributed by atoms with Gasteiger partial charge in [0.15, 0.2) is 5.75 Å². The predicted molar refractivity (Wildman–Crippen MR) is 91.5 cm³/mol. The lowest BCUT2D eigenvalue weighted by Gasteiger charge is -2.43. The zero-order valence-electron chi connectivity index (χ0n) is 14.8. The van der Waals surface area contributed by atoms with E-state index in [1.165, 1.54) is 0 Å². The molecule has 0 spiro atoms. The second kappa shape index (κ2) is 8.72. The lowest BCUT2D eigenvalue weighted by atomic mass is 9.82. The van der Waals surface area contributed by atoms with E-state index in [9.17, 15) is 9.90 Å². The summed E-state index contributed by atoms with van der Waals surface area (Å²) in [6.45, 7) is 3.18. The largest absolute Gasteiger partial charge is 0.480 e. The third-order valence-corrected chi connectivity index (χ3v) is 5.06. The van der Waals surface area contributed by atoms with Crippen molar-refractivity contribution in [1.29, 1.82) is 0 Å². The zero-order valence-corrected chi connectivity index (χ0v) is 14.8. The molecule has 0 amide bonds. The Kier molecular flexibility index (Phi) is 6.36. The molecule has 2 fully saturated rings. The first-order valence-electron chi connectivity index (χ1n) is 9.00. The Morgan fingerprint density at radius 2 is 1.96 bits per heavy atom. The summed E-state index contributed by atoms with van der Waals surface area (Å²) >= 11 is 0. The smallest absolute Gasteiger partial charge is 0.329 e. The second-order valence-corrected chi connectivity index (χ2v) is 6.98. The molecular weight excluding hydrogens is 340 g/mol. The average Bonchev–Trinajstić information content (AvgIpc) is 2.64. The Hall–Kier alpha value is -1.81. The minimum absolute atomic E-state index is 0.0909. The third kappa shape index (κ3) is 5.34. The number of piperazine rings is 1. The van der Waals surface area contributed by atoms with Crippen LogP contribution in [-0.2, 0) is 9.53 Å². The van der Waals surface area contributed by atoms with Crippen LogP contribution in [0.15, 0.2) is 18.5 Å². The number of carboxylic acids is 1. The maximum atomic E-state index is 10.5. The summed E-state index contributed by atoms with van der Waals surface area (Å²) in [5.74, 6) is -0.317. The highest BCUT2D eigenvalue weighted by Crippen LogP contribution is 2.31. The summed E-state index contributed by atoms with van der Waals surface area (Å²) in [6.07, 6.45) is 6.26. The fourth-order valence-corrected chi connectivity index (χ4v) is 3.62. The number of ether oxygens (including phenoxy) is 1. The first-order chi connectivity index (χ1) is 12.5. The Morgan fingerprint density at radius 1 is 1.23 bits per heavy atom. The molecule has 0 atom stereocenters. The minimum atomic E-state index is -1.01. The molecule has 0 aromatic carbocycles. The molecule has 9 heteroatoms. The van der Waals surface area contributed by atoms with E-state index >= 15 is 0 Å². The van der Waals surface area contributed by atoms with Gasteiger partial charge in [0.1, 0.15) is 6.61 Å². The molecule has 1 aromatic heterocycles. The Labute approximate surface area is 152 Å². The maximum Gasteiger partial charge on any atom is 0.329 e. The molecule has 0 unspecified atom stereocenters. The summed E-state index contributed by atoms with van der Waals surface area (Å²) in [4.78, 5) is 18.7. The molecule has 144 valence electrons. The summed E-state index contributed by atoms with van der Waals surface area (Å²) in [7, 11) is 0. The van der Waals surface area contributed by atoms with Crippen molar-refractivity contribution < 1.29 is 24.6 Å². The number of hydroxylamine groups is 2. The third-order valence-electron chi connectivity index (χ3n) is 5.06. The van der Waals surface area contributed by atoms with E-state index in [0.29, 0.717) is 24.6 Å². The number of nitrogens with zero attached hydrogens (tertiary/aromatic N) is 4. The Bertz CT molecular complexity index is 572. The van der Waals surface area contributed by atoms with Crippen molar-refractivity contribution in [2.75, 3.05) is 39.4 Å². The van der Waals surface area contributed by atoms with E-state index in [1.807, 2.05) is 5.06 Å². The van der Waals surface area contributed by atoms with Gasteiger partial charge in [-0.1, -0.05) is 0 Å². The molecule has 1 aliphatic heterocycles. The van der Waals surface area contributed by atoms with Crippen molar-refractivity contribution >= 4 is 5.97 Å². The van der Waals surface area contributed by atoms with E-state index in [0.717, 1.165) is 39.0 Å². The lowest BCUT2D eigenvalue weighted by Crippen LogP contribution is -2.53. The van der Waals surface area contributed by atoms with Gasteiger partial charge in [-0.05, 0) is 25.7 Å². The molecule has 2 heterocycles. The molecule has 2 N–H and O–H groups in total. The number of hydrogen-bond donors (Lipinski definition) is 2. The normalized spacial score (nSPS) is 28.0. The highest BCUT2D eigenvalue weighted by atomic mass is 16.7. The van der Waals surface area contributed by atoms with Crippen molar-refractivity contribution in [3.63, 3.8) is 0 Å². The van der Waals surface area contributed by atoms with E-state index in [4.69, 9.17) is 14.7 Å². The van der Waals surface area contributed by atoms with Crippen molar-refractivity contribution in [2.45, 2.75) is 37.3 Å². The minimum Gasteiger partial charge on any atom is -0.480 e. The number of rotatable bonds is 7. The number of carbonyl (C=O) groups is 1. The van der Waals surface area contributed by atoms with E-state index in [2.05, 4.69) is 15.1 Å². The molecule has 26 heavy (non-hydrogen) atoms. The van der Waals surface area contributed by atoms with Gasteiger partial charge >= 0.3 is 5.97 Å². The standard InChI is InChI=1S/C17H26N4O5/c22-16(23)12-25-13-17(24)4-1-14(2-5-17)20-7-9-21(10-8-20)26-15-3-6-18-19-11-15/h3,6,11,14,24H,1-2,4-5,7-10,12-13H2,(H,22,23). The van der Waals surface area contributed by atoms with Gasteiger partial charge in [0, 0.05) is 38.3 Å². The first kappa shape index (κ1) is 19.0. The molecule has 1 saturated carbocycles. The van der Waals surface area contributed by atoms with Gasteiger partial charge in [-0.3, -0.25) is 4.90 Å². The number of aromatic nitrogens is 2. The van der Waals surface area contributed by atoms with Crippen LogP contribution in [-0.4, -0.2) is 87.4 Å². The number of aliphatic hydroxyl groups is 1. The lowest BCUT2D eigenvalue weighted by molar-refractivity contribution is -0.147. The molecule has 0 radical (unpaired) electrons. The van der Waals surface area contributed by atoms with E-state index in [-0.39, 0.29) is 13.2 Å². The van der Waals surface area contributed by atoms with Gasteiger partial charge in [0.2, 0.25) is 0 Å². The van der Waals surface area contributed by atoms with Crippen molar-refractivity contribution in [1.82, 2.24) is 20.2 Å². The predicted octanol–water partition coefficient (Wildman–Crippen LogP) is 0.163. The molecule has 2 aliphatic rings.